The average molecular weight is 302 g/mol. The van der Waals surface area contributed by atoms with Gasteiger partial charge in [-0.15, -0.1) is 0 Å². The fourth-order valence-corrected chi connectivity index (χ4v) is 2.65. The summed E-state index contributed by atoms with van der Waals surface area (Å²) in [4.78, 5) is 11.9. The van der Waals surface area contributed by atoms with Crippen LogP contribution >= 0.6 is 0 Å². The number of carbonyl (C=O) groups excluding carboxylic acids is 1. The Labute approximate surface area is 123 Å². The van der Waals surface area contributed by atoms with E-state index in [-0.39, 0.29) is 4.90 Å². The number of rotatable bonds is 4. The predicted molar refractivity (Wildman–Crippen MR) is 80.6 cm³/mol. The maximum atomic E-state index is 11.7. The standard InChI is InChI=1S/C16H14O4S/c1-3-21(18,19)13-10-8-12(9-11-13)14-6-4-5-7-15(14)16(17)20-2/h3-11H,1H2,2H3. The lowest BCUT2D eigenvalue weighted by Crippen LogP contribution is -2.03. The molecular formula is C16H14O4S. The molecule has 21 heavy (non-hydrogen) atoms. The zero-order valence-corrected chi connectivity index (χ0v) is 12.3. The third-order valence-electron chi connectivity index (χ3n) is 3.05. The van der Waals surface area contributed by atoms with Crippen molar-refractivity contribution in [1.29, 1.82) is 0 Å². The van der Waals surface area contributed by atoms with E-state index in [1.807, 2.05) is 0 Å². The Bertz CT molecular complexity index is 774. The Morgan fingerprint density at radius 1 is 1.10 bits per heavy atom. The topological polar surface area (TPSA) is 60.4 Å². The van der Waals surface area contributed by atoms with E-state index in [0.717, 1.165) is 11.0 Å². The first kappa shape index (κ1) is 15.0. The molecule has 0 N–H and O–H groups in total. The molecule has 2 aromatic carbocycles. The highest BCUT2D eigenvalue weighted by molar-refractivity contribution is 7.94. The van der Waals surface area contributed by atoms with Crippen LogP contribution in [0.2, 0.25) is 0 Å². The minimum Gasteiger partial charge on any atom is -0.465 e. The SMILES string of the molecule is C=CS(=O)(=O)c1ccc(-c2ccccc2C(=O)OC)cc1. The van der Waals surface area contributed by atoms with Crippen molar-refractivity contribution >= 4 is 15.8 Å². The molecule has 0 spiro atoms. The molecule has 0 saturated heterocycles. The van der Waals surface area contributed by atoms with Crippen molar-refractivity contribution in [2.75, 3.05) is 7.11 Å². The Balaban J connectivity index is 2.50. The van der Waals surface area contributed by atoms with E-state index in [9.17, 15) is 13.2 Å². The molecule has 108 valence electrons. The summed E-state index contributed by atoms with van der Waals surface area (Å²) in [6, 6.07) is 13.3. The molecule has 4 nitrogen and oxygen atoms in total. The van der Waals surface area contributed by atoms with Crippen molar-refractivity contribution in [2.45, 2.75) is 4.90 Å². The summed E-state index contributed by atoms with van der Waals surface area (Å²) in [5.74, 6) is -0.437. The first-order valence-electron chi connectivity index (χ1n) is 6.15. The number of sulfone groups is 1. The molecule has 0 aliphatic rings. The zero-order chi connectivity index (χ0) is 15.5. The molecule has 2 rings (SSSR count). The Morgan fingerprint density at radius 2 is 1.71 bits per heavy atom. The van der Waals surface area contributed by atoms with Crippen LogP contribution in [0.5, 0.6) is 0 Å². The molecule has 0 unspecified atom stereocenters. The van der Waals surface area contributed by atoms with E-state index in [1.165, 1.54) is 19.2 Å². The van der Waals surface area contributed by atoms with Crippen LogP contribution in [0.4, 0.5) is 0 Å². The molecule has 0 radical (unpaired) electrons. The van der Waals surface area contributed by atoms with E-state index >= 15 is 0 Å². The molecular weight excluding hydrogens is 288 g/mol. The molecule has 0 fully saturated rings. The second-order valence-corrected chi connectivity index (χ2v) is 6.17. The van der Waals surface area contributed by atoms with Gasteiger partial charge in [-0.05, 0) is 29.3 Å². The van der Waals surface area contributed by atoms with Crippen LogP contribution in [0.1, 0.15) is 10.4 Å². The summed E-state index contributed by atoms with van der Waals surface area (Å²) in [6.45, 7) is 3.29. The van der Waals surface area contributed by atoms with E-state index in [4.69, 9.17) is 4.74 Å². The molecule has 0 saturated carbocycles. The fourth-order valence-electron chi connectivity index (χ4n) is 1.94. The second-order valence-electron chi connectivity index (χ2n) is 4.27. The Hall–Kier alpha value is -2.40. The molecule has 0 aromatic heterocycles. The lowest BCUT2D eigenvalue weighted by Gasteiger charge is -2.08. The molecule has 0 atom stereocenters. The maximum absolute atomic E-state index is 11.7. The van der Waals surface area contributed by atoms with Crippen molar-refractivity contribution in [2.24, 2.45) is 0 Å². The molecule has 0 amide bonds. The smallest absolute Gasteiger partial charge is 0.338 e. The number of ether oxygens (including phenoxy) is 1. The number of hydrogen-bond donors (Lipinski definition) is 0. The molecule has 0 aliphatic heterocycles. The van der Waals surface area contributed by atoms with Gasteiger partial charge < -0.3 is 4.74 Å². The molecule has 0 heterocycles. The summed E-state index contributed by atoms with van der Waals surface area (Å²) in [5.41, 5.74) is 1.85. The predicted octanol–water partition coefficient (Wildman–Crippen LogP) is 3.06. The van der Waals surface area contributed by atoms with Gasteiger partial charge in [0.25, 0.3) is 0 Å². The van der Waals surface area contributed by atoms with Crippen LogP contribution in [-0.2, 0) is 14.6 Å². The van der Waals surface area contributed by atoms with E-state index in [1.54, 1.807) is 36.4 Å². The van der Waals surface area contributed by atoms with Gasteiger partial charge in [-0.2, -0.15) is 0 Å². The summed E-state index contributed by atoms with van der Waals surface area (Å²) in [5, 5.41) is 0.907. The summed E-state index contributed by atoms with van der Waals surface area (Å²) >= 11 is 0. The second kappa shape index (κ2) is 5.93. The van der Waals surface area contributed by atoms with Gasteiger partial charge in [-0.3, -0.25) is 0 Å². The number of esters is 1. The van der Waals surface area contributed by atoms with Gasteiger partial charge >= 0.3 is 5.97 Å². The summed E-state index contributed by atoms with van der Waals surface area (Å²) in [7, 11) is -2.14. The van der Waals surface area contributed by atoms with Crippen molar-refractivity contribution in [3.63, 3.8) is 0 Å². The normalized spacial score (nSPS) is 10.9. The van der Waals surface area contributed by atoms with E-state index in [2.05, 4.69) is 6.58 Å². The molecule has 2 aromatic rings. The lowest BCUT2D eigenvalue weighted by molar-refractivity contribution is 0.0601. The Morgan fingerprint density at radius 3 is 2.29 bits per heavy atom. The average Bonchev–Trinajstić information content (AvgIpc) is 2.54. The number of methoxy groups -OCH3 is 1. The molecule has 0 aliphatic carbocycles. The van der Waals surface area contributed by atoms with Gasteiger partial charge in [0.2, 0.25) is 0 Å². The first-order valence-corrected chi connectivity index (χ1v) is 7.69. The summed E-state index contributed by atoms with van der Waals surface area (Å²) in [6.07, 6.45) is 0. The minimum atomic E-state index is -3.46. The monoisotopic (exact) mass is 302 g/mol. The van der Waals surface area contributed by atoms with Crippen molar-refractivity contribution in [1.82, 2.24) is 0 Å². The third kappa shape index (κ3) is 3.03. The summed E-state index contributed by atoms with van der Waals surface area (Å²) < 4.78 is 28.1. The highest BCUT2D eigenvalue weighted by Gasteiger charge is 2.14. The van der Waals surface area contributed by atoms with Gasteiger partial charge in [0.05, 0.1) is 17.6 Å². The largest absolute Gasteiger partial charge is 0.465 e. The van der Waals surface area contributed by atoms with Gasteiger partial charge in [0, 0.05) is 5.41 Å². The fraction of sp³-hybridized carbons (Fsp3) is 0.0625. The van der Waals surface area contributed by atoms with E-state index in [0.29, 0.717) is 11.1 Å². The lowest BCUT2D eigenvalue weighted by atomic mass is 10.00. The maximum Gasteiger partial charge on any atom is 0.338 e. The quantitative estimate of drug-likeness (QED) is 0.814. The number of benzene rings is 2. The number of carbonyl (C=O) groups is 1. The highest BCUT2D eigenvalue weighted by atomic mass is 32.2. The highest BCUT2D eigenvalue weighted by Crippen LogP contribution is 2.26. The van der Waals surface area contributed by atoms with Crippen LogP contribution < -0.4 is 0 Å². The Kier molecular flexibility index (Phi) is 4.23. The van der Waals surface area contributed by atoms with Gasteiger partial charge in [-0.1, -0.05) is 36.9 Å². The van der Waals surface area contributed by atoms with Crippen molar-refractivity contribution in [3.05, 3.63) is 66.1 Å². The zero-order valence-electron chi connectivity index (χ0n) is 11.4. The van der Waals surface area contributed by atoms with Crippen LogP contribution in [0.25, 0.3) is 11.1 Å². The van der Waals surface area contributed by atoms with Crippen molar-refractivity contribution < 1.29 is 17.9 Å². The van der Waals surface area contributed by atoms with Gasteiger partial charge in [-0.25, -0.2) is 13.2 Å². The van der Waals surface area contributed by atoms with E-state index < -0.39 is 15.8 Å². The molecule has 0 bridgehead atoms. The van der Waals surface area contributed by atoms with Gasteiger partial charge in [0.1, 0.15) is 0 Å². The first-order chi connectivity index (χ1) is 9.99. The van der Waals surface area contributed by atoms with Crippen molar-refractivity contribution in [3.8, 4) is 11.1 Å². The minimum absolute atomic E-state index is 0.164. The van der Waals surface area contributed by atoms with Crippen LogP contribution in [0.15, 0.2) is 65.4 Å². The number of hydrogen-bond acceptors (Lipinski definition) is 4. The third-order valence-corrected chi connectivity index (χ3v) is 4.41. The van der Waals surface area contributed by atoms with Gasteiger partial charge in [0.15, 0.2) is 9.84 Å². The van der Waals surface area contributed by atoms with Crippen LogP contribution in [0, 0.1) is 0 Å². The van der Waals surface area contributed by atoms with Crippen LogP contribution in [-0.4, -0.2) is 21.5 Å². The van der Waals surface area contributed by atoms with Crippen LogP contribution in [0.3, 0.4) is 0 Å². The molecule has 5 heteroatoms.